The van der Waals surface area contributed by atoms with Crippen LogP contribution in [0.5, 0.6) is 0 Å². The molecule has 0 saturated carbocycles. The predicted octanol–water partition coefficient (Wildman–Crippen LogP) is -1.41. The Balaban J connectivity index is 5.01. The Morgan fingerprint density at radius 1 is 1.06 bits per heavy atom. The first kappa shape index (κ1) is 16.4. The van der Waals surface area contributed by atoms with E-state index in [-0.39, 0.29) is 6.42 Å². The number of ether oxygens (including phenoxy) is 2. The summed E-state index contributed by atoms with van der Waals surface area (Å²) < 4.78 is 8.89. The fraction of sp³-hybridized carbons (Fsp3) is 0.778. The van der Waals surface area contributed by atoms with Gasteiger partial charge < -0.3 is 36.3 Å². The quantitative estimate of drug-likeness (QED) is 0.353. The average molecular weight is 266 g/mol. The lowest BCUT2D eigenvalue weighted by atomic mass is 9.82. The van der Waals surface area contributed by atoms with Gasteiger partial charge in [0.2, 0.25) is 0 Å². The minimum absolute atomic E-state index is 0.0168. The maximum Gasteiger partial charge on any atom is 0.404 e. The molecule has 0 aliphatic carbocycles. The monoisotopic (exact) mass is 266 g/mol. The highest BCUT2D eigenvalue weighted by Crippen LogP contribution is 2.34. The van der Waals surface area contributed by atoms with Crippen molar-refractivity contribution in [2.45, 2.75) is 25.7 Å². The minimum atomic E-state index is -3.23. The molecule has 0 heterocycles. The largest absolute Gasteiger partial charge is 0.449 e. The van der Waals surface area contributed by atoms with Crippen LogP contribution in [0.4, 0.5) is 9.59 Å². The van der Waals surface area contributed by atoms with Crippen molar-refractivity contribution in [2.24, 2.45) is 16.9 Å². The molecule has 0 saturated heterocycles. The lowest BCUT2D eigenvalue weighted by molar-refractivity contribution is -0.385. The van der Waals surface area contributed by atoms with Crippen LogP contribution in [0.3, 0.4) is 0 Å². The highest BCUT2D eigenvalue weighted by atomic mass is 16.7. The molecular weight excluding hydrogens is 248 g/mol. The van der Waals surface area contributed by atoms with Gasteiger partial charge in [-0.05, 0) is 6.42 Å². The van der Waals surface area contributed by atoms with Crippen molar-refractivity contribution < 1.29 is 34.4 Å². The summed E-state index contributed by atoms with van der Waals surface area (Å²) in [7, 11) is 0. The maximum atomic E-state index is 10.5. The van der Waals surface area contributed by atoms with Crippen LogP contribution in [0.25, 0.3) is 0 Å². The van der Waals surface area contributed by atoms with Crippen LogP contribution in [0.2, 0.25) is 0 Å². The van der Waals surface area contributed by atoms with Crippen LogP contribution in [0.15, 0.2) is 0 Å². The molecule has 0 unspecified atom stereocenters. The molecule has 0 spiro atoms. The number of nitrogens with two attached hydrogens (primary N) is 2. The zero-order chi connectivity index (χ0) is 14.4. The lowest BCUT2D eigenvalue weighted by Crippen LogP contribution is -2.55. The molecule has 7 N–H and O–H groups in total. The molecule has 9 nitrogen and oxygen atoms in total. The van der Waals surface area contributed by atoms with Crippen molar-refractivity contribution >= 4 is 12.2 Å². The summed E-state index contributed by atoms with van der Waals surface area (Å²) in [6.45, 7) is 0.384. The van der Waals surface area contributed by atoms with Gasteiger partial charge in [-0.2, -0.15) is 0 Å². The molecule has 2 amide bonds. The third kappa shape index (κ3) is 4.73. The molecule has 9 heteroatoms. The highest BCUT2D eigenvalue weighted by Gasteiger charge is 2.50. The lowest BCUT2D eigenvalue weighted by Gasteiger charge is -2.38. The van der Waals surface area contributed by atoms with Gasteiger partial charge in [0.05, 0.1) is 0 Å². The molecule has 0 atom stereocenters. The topological polar surface area (TPSA) is 165 Å². The van der Waals surface area contributed by atoms with Crippen LogP contribution in [-0.4, -0.2) is 46.7 Å². The second-order valence-corrected chi connectivity index (χ2v) is 3.88. The van der Waals surface area contributed by atoms with Gasteiger partial charge in [-0.15, -0.1) is 0 Å². The molecule has 0 bridgehead atoms. The molecule has 0 radical (unpaired) electrons. The summed E-state index contributed by atoms with van der Waals surface area (Å²) in [4.78, 5) is 21.1. The Morgan fingerprint density at radius 3 is 1.67 bits per heavy atom. The van der Waals surface area contributed by atoms with Crippen molar-refractivity contribution in [3.05, 3.63) is 0 Å². The fourth-order valence-electron chi connectivity index (χ4n) is 1.44. The normalized spacial score (nSPS) is 12.0. The Labute approximate surface area is 103 Å². The molecule has 0 aromatic heterocycles. The van der Waals surface area contributed by atoms with Gasteiger partial charge in [0.25, 0.3) is 5.97 Å². The van der Waals surface area contributed by atoms with Crippen LogP contribution in [0, 0.1) is 5.41 Å². The molecular formula is C9H18N2O7. The third-order valence-electron chi connectivity index (χ3n) is 2.42. The molecule has 106 valence electrons. The van der Waals surface area contributed by atoms with E-state index < -0.39 is 36.8 Å². The van der Waals surface area contributed by atoms with Crippen molar-refractivity contribution in [2.75, 3.05) is 13.2 Å². The van der Waals surface area contributed by atoms with E-state index in [0.717, 1.165) is 0 Å². The molecule has 0 aliphatic rings. The van der Waals surface area contributed by atoms with Gasteiger partial charge in [0, 0.05) is 0 Å². The van der Waals surface area contributed by atoms with Gasteiger partial charge >= 0.3 is 12.2 Å². The second-order valence-electron chi connectivity index (χ2n) is 3.88. The number of aliphatic hydroxyl groups is 3. The molecule has 0 aliphatic heterocycles. The maximum absolute atomic E-state index is 10.5. The van der Waals surface area contributed by atoms with E-state index in [9.17, 15) is 24.9 Å². The predicted molar refractivity (Wildman–Crippen MR) is 57.8 cm³/mol. The van der Waals surface area contributed by atoms with Gasteiger partial charge in [0.15, 0.2) is 0 Å². The summed E-state index contributed by atoms with van der Waals surface area (Å²) in [6, 6.07) is 0. The van der Waals surface area contributed by atoms with E-state index in [1.807, 2.05) is 0 Å². The molecule has 0 fully saturated rings. The van der Waals surface area contributed by atoms with Crippen LogP contribution < -0.4 is 11.5 Å². The van der Waals surface area contributed by atoms with Crippen LogP contribution in [-0.2, 0) is 9.47 Å². The van der Waals surface area contributed by atoms with E-state index in [1.54, 1.807) is 6.92 Å². The SMILES string of the molecule is CCCC(COC(N)=O)(COC(N)=O)C(O)(O)O. The summed E-state index contributed by atoms with van der Waals surface area (Å²) in [5, 5.41) is 28.0. The van der Waals surface area contributed by atoms with Gasteiger partial charge in [-0.3, -0.25) is 0 Å². The van der Waals surface area contributed by atoms with E-state index in [4.69, 9.17) is 11.5 Å². The third-order valence-corrected chi connectivity index (χ3v) is 2.42. The zero-order valence-corrected chi connectivity index (χ0v) is 9.96. The Kier molecular flexibility index (Phi) is 5.82. The highest BCUT2D eigenvalue weighted by molar-refractivity contribution is 5.65. The number of primary amides is 2. The van der Waals surface area contributed by atoms with Crippen LogP contribution >= 0.6 is 0 Å². The fourth-order valence-corrected chi connectivity index (χ4v) is 1.44. The summed E-state index contributed by atoms with van der Waals surface area (Å²) >= 11 is 0. The summed E-state index contributed by atoms with van der Waals surface area (Å²) in [6.07, 6.45) is -1.97. The van der Waals surface area contributed by atoms with Crippen LogP contribution in [0.1, 0.15) is 19.8 Å². The number of rotatable bonds is 7. The number of carbonyl (C=O) groups is 2. The molecule has 18 heavy (non-hydrogen) atoms. The second kappa shape index (κ2) is 6.38. The Hall–Kier alpha value is -1.58. The van der Waals surface area contributed by atoms with E-state index in [0.29, 0.717) is 6.42 Å². The van der Waals surface area contributed by atoms with Gasteiger partial charge in [-0.25, -0.2) is 9.59 Å². The standard InChI is InChI=1S/C9H18N2O7/c1-2-3-8(9(14,15)16,4-17-6(10)12)5-18-7(11)13/h14-16H,2-5H2,1H3,(H2,10,12)(H2,11,13). The number of hydrogen-bond donors (Lipinski definition) is 5. The molecule has 0 aromatic rings. The first-order valence-electron chi connectivity index (χ1n) is 5.16. The minimum Gasteiger partial charge on any atom is -0.449 e. The summed E-state index contributed by atoms with van der Waals surface area (Å²) in [5.41, 5.74) is 7.69. The first-order valence-corrected chi connectivity index (χ1v) is 5.16. The Bertz CT molecular complexity index is 282. The number of carbonyl (C=O) groups excluding carboxylic acids is 2. The smallest absolute Gasteiger partial charge is 0.404 e. The van der Waals surface area contributed by atoms with Crippen molar-refractivity contribution in [1.29, 1.82) is 0 Å². The number of hydrogen-bond acceptors (Lipinski definition) is 7. The van der Waals surface area contributed by atoms with E-state index >= 15 is 0 Å². The zero-order valence-electron chi connectivity index (χ0n) is 9.96. The summed E-state index contributed by atoms with van der Waals surface area (Å²) in [5.74, 6) is -3.23. The average Bonchev–Trinajstić information content (AvgIpc) is 2.20. The Morgan fingerprint density at radius 2 is 1.44 bits per heavy atom. The first-order chi connectivity index (χ1) is 8.14. The van der Waals surface area contributed by atoms with Crippen molar-refractivity contribution in [3.8, 4) is 0 Å². The van der Waals surface area contributed by atoms with E-state index in [1.165, 1.54) is 0 Å². The van der Waals surface area contributed by atoms with Gasteiger partial charge in [-0.1, -0.05) is 13.3 Å². The molecule has 0 rings (SSSR count). The van der Waals surface area contributed by atoms with Crippen molar-refractivity contribution in [1.82, 2.24) is 0 Å². The van der Waals surface area contributed by atoms with E-state index in [2.05, 4.69) is 9.47 Å². The van der Waals surface area contributed by atoms with Gasteiger partial charge in [0.1, 0.15) is 18.6 Å². The molecule has 0 aromatic carbocycles. The number of amides is 2. The van der Waals surface area contributed by atoms with Crippen molar-refractivity contribution in [3.63, 3.8) is 0 Å².